The number of nitrogens with zero attached hydrogens (tertiary/aromatic N) is 1. The van der Waals surface area contributed by atoms with Crippen LogP contribution in [0.5, 0.6) is 0 Å². The molecule has 1 unspecified atom stereocenters. The molecule has 0 fully saturated rings. The predicted molar refractivity (Wildman–Crippen MR) is 82.3 cm³/mol. The van der Waals surface area contributed by atoms with E-state index >= 15 is 0 Å². The summed E-state index contributed by atoms with van der Waals surface area (Å²) >= 11 is 0. The summed E-state index contributed by atoms with van der Waals surface area (Å²) in [4.78, 5) is 14.0. The van der Waals surface area contributed by atoms with Crippen LogP contribution >= 0.6 is 0 Å². The Hall–Kier alpha value is -1.35. The first kappa shape index (κ1) is 16.7. The molecule has 0 spiro atoms. The first-order valence-electron chi connectivity index (χ1n) is 7.48. The zero-order valence-electron chi connectivity index (χ0n) is 13.0. The van der Waals surface area contributed by atoms with E-state index in [0.717, 1.165) is 24.8 Å². The Bertz CT molecular complexity index is 405. The van der Waals surface area contributed by atoms with Gasteiger partial charge in [-0.05, 0) is 18.9 Å². The number of likely N-dealkylation sites (N-methyl/N-ethyl adjacent to an activating group) is 1. The minimum Gasteiger partial charge on any atom is -0.386 e. The maximum atomic E-state index is 12.3. The molecule has 1 aromatic rings. The van der Waals surface area contributed by atoms with Gasteiger partial charge in [-0.15, -0.1) is 0 Å². The summed E-state index contributed by atoms with van der Waals surface area (Å²) in [6.07, 6.45) is 2.43. The second-order valence-electron chi connectivity index (χ2n) is 5.59. The Balaban J connectivity index is 2.66. The lowest BCUT2D eigenvalue weighted by atomic mass is 9.99. The van der Waals surface area contributed by atoms with Crippen LogP contribution in [0.2, 0.25) is 0 Å². The van der Waals surface area contributed by atoms with E-state index in [0.29, 0.717) is 0 Å². The van der Waals surface area contributed by atoms with E-state index in [1.807, 2.05) is 44.2 Å². The topological polar surface area (TPSA) is 40.5 Å². The van der Waals surface area contributed by atoms with Crippen molar-refractivity contribution in [2.45, 2.75) is 52.2 Å². The molecular formula is C17H27NO2. The third-order valence-corrected chi connectivity index (χ3v) is 3.97. The van der Waals surface area contributed by atoms with Crippen molar-refractivity contribution < 1.29 is 9.90 Å². The fraction of sp³-hybridized carbons (Fsp3) is 0.588. The van der Waals surface area contributed by atoms with Crippen LogP contribution in [0.1, 0.15) is 51.7 Å². The minimum atomic E-state index is -0.650. The average Bonchev–Trinajstić information content (AvgIpc) is 2.50. The lowest BCUT2D eigenvalue weighted by Gasteiger charge is -2.31. The van der Waals surface area contributed by atoms with Gasteiger partial charge in [-0.1, -0.05) is 57.0 Å². The normalized spacial score (nSPS) is 15.4. The van der Waals surface area contributed by atoms with Gasteiger partial charge in [-0.2, -0.15) is 0 Å². The highest BCUT2D eigenvalue weighted by atomic mass is 16.3. The van der Waals surface area contributed by atoms with Crippen molar-refractivity contribution in [2.75, 3.05) is 7.05 Å². The molecule has 1 amide bonds. The average molecular weight is 277 g/mol. The SMILES string of the molecule is CCCCC(C)C(=O)N(C)[C@@H](C)[C@H](O)c1ccccc1. The molecule has 0 aromatic heterocycles. The van der Waals surface area contributed by atoms with Gasteiger partial charge in [-0.25, -0.2) is 0 Å². The van der Waals surface area contributed by atoms with Gasteiger partial charge in [0, 0.05) is 13.0 Å². The second kappa shape index (κ2) is 8.05. The number of aliphatic hydroxyl groups is 1. The van der Waals surface area contributed by atoms with E-state index in [1.54, 1.807) is 11.9 Å². The zero-order valence-corrected chi connectivity index (χ0v) is 13.0. The Kier molecular flexibility index (Phi) is 6.73. The molecule has 0 saturated heterocycles. The highest BCUT2D eigenvalue weighted by Gasteiger charge is 2.26. The molecule has 1 aromatic carbocycles. The molecule has 20 heavy (non-hydrogen) atoms. The van der Waals surface area contributed by atoms with E-state index in [4.69, 9.17) is 0 Å². The fourth-order valence-electron chi connectivity index (χ4n) is 2.32. The van der Waals surface area contributed by atoms with Crippen molar-refractivity contribution in [1.82, 2.24) is 4.90 Å². The Morgan fingerprint density at radius 3 is 2.40 bits per heavy atom. The van der Waals surface area contributed by atoms with E-state index in [9.17, 15) is 9.90 Å². The molecule has 3 heteroatoms. The Morgan fingerprint density at radius 1 is 1.25 bits per heavy atom. The van der Waals surface area contributed by atoms with E-state index in [-0.39, 0.29) is 17.9 Å². The zero-order chi connectivity index (χ0) is 15.1. The number of unbranched alkanes of at least 4 members (excludes halogenated alkanes) is 1. The number of hydrogen-bond acceptors (Lipinski definition) is 2. The maximum absolute atomic E-state index is 12.3. The quantitative estimate of drug-likeness (QED) is 0.830. The molecule has 1 rings (SSSR count). The van der Waals surface area contributed by atoms with Crippen molar-refractivity contribution in [3.8, 4) is 0 Å². The van der Waals surface area contributed by atoms with Crippen LogP contribution in [0.15, 0.2) is 30.3 Å². The number of amides is 1. The molecule has 0 aliphatic heterocycles. The monoisotopic (exact) mass is 277 g/mol. The number of hydrogen-bond donors (Lipinski definition) is 1. The minimum absolute atomic E-state index is 0.0189. The van der Waals surface area contributed by atoms with Gasteiger partial charge in [0.15, 0.2) is 0 Å². The smallest absolute Gasteiger partial charge is 0.225 e. The molecule has 0 radical (unpaired) electrons. The summed E-state index contributed by atoms with van der Waals surface area (Å²) in [5.74, 6) is 0.131. The van der Waals surface area contributed by atoms with Crippen LogP contribution < -0.4 is 0 Å². The fourth-order valence-corrected chi connectivity index (χ4v) is 2.32. The van der Waals surface area contributed by atoms with Crippen molar-refractivity contribution in [1.29, 1.82) is 0 Å². The van der Waals surface area contributed by atoms with Crippen LogP contribution in [0, 0.1) is 5.92 Å². The standard InChI is InChI=1S/C17H27NO2/c1-5-6-10-13(2)17(20)18(4)14(3)16(19)15-11-8-7-9-12-15/h7-9,11-14,16,19H,5-6,10H2,1-4H3/t13?,14-,16-/m0/s1. The van der Waals surface area contributed by atoms with Gasteiger partial charge in [-0.3, -0.25) is 4.79 Å². The van der Waals surface area contributed by atoms with Crippen LogP contribution in [0.25, 0.3) is 0 Å². The molecule has 0 saturated carbocycles. The Labute approximate surface area is 122 Å². The first-order chi connectivity index (χ1) is 9.49. The van der Waals surface area contributed by atoms with E-state index in [1.165, 1.54) is 0 Å². The van der Waals surface area contributed by atoms with E-state index < -0.39 is 6.10 Å². The van der Waals surface area contributed by atoms with Crippen molar-refractivity contribution >= 4 is 5.91 Å². The molecule has 0 aliphatic carbocycles. The largest absolute Gasteiger partial charge is 0.386 e. The van der Waals surface area contributed by atoms with Gasteiger partial charge in [0.25, 0.3) is 0 Å². The summed E-state index contributed by atoms with van der Waals surface area (Å²) in [5.41, 5.74) is 0.848. The molecule has 0 bridgehead atoms. The number of rotatable bonds is 7. The lowest BCUT2D eigenvalue weighted by Crippen LogP contribution is -2.41. The summed E-state index contributed by atoms with van der Waals surface area (Å²) in [5, 5.41) is 10.4. The van der Waals surface area contributed by atoms with Crippen molar-refractivity contribution in [3.05, 3.63) is 35.9 Å². The number of carbonyl (C=O) groups is 1. The summed E-state index contributed by atoms with van der Waals surface area (Å²) in [6.45, 7) is 5.99. The summed E-state index contributed by atoms with van der Waals surface area (Å²) in [6, 6.07) is 9.27. The third-order valence-electron chi connectivity index (χ3n) is 3.97. The van der Waals surface area contributed by atoms with Gasteiger partial charge in [0.05, 0.1) is 12.1 Å². The van der Waals surface area contributed by atoms with Gasteiger partial charge < -0.3 is 10.0 Å². The highest BCUT2D eigenvalue weighted by molar-refractivity contribution is 5.78. The number of benzene rings is 1. The van der Waals surface area contributed by atoms with Gasteiger partial charge >= 0.3 is 0 Å². The first-order valence-corrected chi connectivity index (χ1v) is 7.48. The van der Waals surface area contributed by atoms with Crippen LogP contribution in [0.3, 0.4) is 0 Å². The molecule has 3 atom stereocenters. The lowest BCUT2D eigenvalue weighted by molar-refractivity contribution is -0.138. The molecule has 0 aliphatic rings. The molecule has 112 valence electrons. The maximum Gasteiger partial charge on any atom is 0.225 e. The predicted octanol–water partition coefficient (Wildman–Crippen LogP) is 3.39. The van der Waals surface area contributed by atoms with Crippen LogP contribution in [0.4, 0.5) is 0 Å². The van der Waals surface area contributed by atoms with Crippen LogP contribution in [-0.4, -0.2) is 29.0 Å². The molecule has 1 N–H and O–H groups in total. The van der Waals surface area contributed by atoms with Gasteiger partial charge in [0.1, 0.15) is 0 Å². The molecular weight excluding hydrogens is 250 g/mol. The number of carbonyl (C=O) groups excluding carboxylic acids is 1. The van der Waals surface area contributed by atoms with Crippen molar-refractivity contribution in [2.24, 2.45) is 5.92 Å². The highest BCUT2D eigenvalue weighted by Crippen LogP contribution is 2.22. The van der Waals surface area contributed by atoms with Crippen LogP contribution in [-0.2, 0) is 4.79 Å². The second-order valence-corrected chi connectivity index (χ2v) is 5.59. The third kappa shape index (κ3) is 4.34. The Morgan fingerprint density at radius 2 is 1.85 bits per heavy atom. The molecule has 3 nitrogen and oxygen atoms in total. The summed E-state index contributed by atoms with van der Waals surface area (Å²) in [7, 11) is 1.78. The summed E-state index contributed by atoms with van der Waals surface area (Å²) < 4.78 is 0. The number of aliphatic hydroxyl groups excluding tert-OH is 1. The van der Waals surface area contributed by atoms with Crippen molar-refractivity contribution in [3.63, 3.8) is 0 Å². The van der Waals surface area contributed by atoms with Gasteiger partial charge in [0.2, 0.25) is 5.91 Å². The molecule has 0 heterocycles. The van der Waals surface area contributed by atoms with E-state index in [2.05, 4.69) is 6.92 Å².